The molecule has 4 aromatic rings. The molecule has 5 N–H and O–H groups in total. The summed E-state index contributed by atoms with van der Waals surface area (Å²) in [6.45, 7) is 0. The third kappa shape index (κ3) is 20.6. The Balaban J connectivity index is 0.000000328. The van der Waals surface area contributed by atoms with E-state index >= 15 is 0 Å². The molecule has 412 valence electrons. The fraction of sp³-hybridized carbons (Fsp3) is 0.444. The van der Waals surface area contributed by atoms with Gasteiger partial charge >= 0.3 is 35.5 Å². The zero-order chi connectivity index (χ0) is 55.8. The number of carboxylic acids is 2. The molecule has 6 rings (SSSR count). The quantitative estimate of drug-likeness (QED) is 0.0260. The number of carbonyl (C=O) groups excluding carboxylic acids is 3. The first-order valence-electron chi connectivity index (χ1n) is 24.9. The predicted octanol–water partition coefficient (Wildman–Crippen LogP) is 7.54. The van der Waals surface area contributed by atoms with Crippen molar-refractivity contribution in [2.75, 3.05) is 34.7 Å². The molecule has 4 aromatic carbocycles. The number of carboxylic acid groups (broad SMARTS) is 2. The van der Waals surface area contributed by atoms with Crippen molar-refractivity contribution in [3.8, 4) is 0 Å². The molecule has 0 unspecified atom stereocenters. The number of thiocarbonyl (C=S) groups is 2. The van der Waals surface area contributed by atoms with Crippen LogP contribution in [0.25, 0.3) is 0 Å². The van der Waals surface area contributed by atoms with Gasteiger partial charge in [-0.25, -0.2) is 21.6 Å². The van der Waals surface area contributed by atoms with E-state index in [9.17, 15) is 46.2 Å². The maximum Gasteiger partial charge on any atom is 1.00 e. The molecule has 2 atom stereocenters. The zero-order valence-electron chi connectivity index (χ0n) is 43.2. The molecule has 23 heteroatoms. The van der Waals surface area contributed by atoms with E-state index in [1.165, 1.54) is 12.5 Å². The van der Waals surface area contributed by atoms with Crippen LogP contribution in [0.3, 0.4) is 0 Å². The van der Waals surface area contributed by atoms with E-state index in [0.717, 1.165) is 81.8 Å². The first-order chi connectivity index (χ1) is 35.8. The summed E-state index contributed by atoms with van der Waals surface area (Å²) in [7, 11) is -6.04. The summed E-state index contributed by atoms with van der Waals surface area (Å²) < 4.78 is 45.9. The Hall–Kier alpha value is -3.40. The number of hydrogen-bond donors (Lipinski definition) is 5. The maximum atomic E-state index is 12.6. The minimum Gasteiger partial charge on any atom is -0.548 e. The average Bonchev–Trinajstić information content (AvgIpc) is 4.04. The molecule has 2 saturated carbocycles. The van der Waals surface area contributed by atoms with Gasteiger partial charge in [0.05, 0.1) is 53.2 Å². The van der Waals surface area contributed by atoms with Gasteiger partial charge in [-0.1, -0.05) is 146 Å². The van der Waals surface area contributed by atoms with E-state index in [4.69, 9.17) is 70.8 Å². The molecule has 0 radical (unpaired) electrons. The monoisotopic (exact) mass is 1220 g/mol. The molecule has 0 aliphatic heterocycles. The van der Waals surface area contributed by atoms with Gasteiger partial charge < -0.3 is 36.3 Å². The summed E-state index contributed by atoms with van der Waals surface area (Å²) in [6, 6.07) is 21.3. The number of amides is 2. The number of unbranched alkanes of at least 4 members (excludes halogenated alkanes) is 2. The molecule has 77 heavy (non-hydrogen) atoms. The normalized spacial score (nSPS) is 15.4. The smallest absolute Gasteiger partial charge is 0.548 e. The standard InChI is InChI=1S/2C27H32Cl2N2O5S2.Na/c2*1-38(35,36)16-5-4-15-27(13-2-3-14-27)26(37)31-22(25(33)34)17-18-9-11-19(12-10-18)30-24(32)23-20(28)7-6-8-21(23)29;/h2*6-12,22H,2-5,13-17H2,1H3,(H,30,32)(H,31,37)(H,33,34);/q;;+1/p-1/t2*22-;/m00./s1. The minimum absolute atomic E-state index is 0. The molecule has 2 aliphatic rings. The van der Waals surface area contributed by atoms with Gasteiger partial charge in [-0.05, 0) is 117 Å². The van der Waals surface area contributed by atoms with Crippen LogP contribution in [0, 0.1) is 10.8 Å². The van der Waals surface area contributed by atoms with Crippen molar-refractivity contribution in [2.24, 2.45) is 10.8 Å². The van der Waals surface area contributed by atoms with Crippen LogP contribution in [0.1, 0.15) is 122 Å². The van der Waals surface area contributed by atoms with Gasteiger partial charge in [0.25, 0.3) is 11.8 Å². The molecule has 14 nitrogen and oxygen atoms in total. The molecular formula is C54H63Cl4N4NaO10S4. The van der Waals surface area contributed by atoms with E-state index in [1.54, 1.807) is 84.9 Å². The molecule has 2 amide bonds. The summed E-state index contributed by atoms with van der Waals surface area (Å²) in [6.07, 6.45) is 14.3. The number of carbonyl (C=O) groups is 4. The van der Waals surface area contributed by atoms with Crippen molar-refractivity contribution in [2.45, 2.75) is 115 Å². The Morgan fingerprint density at radius 2 is 0.896 bits per heavy atom. The van der Waals surface area contributed by atoms with Crippen molar-refractivity contribution in [1.29, 1.82) is 0 Å². The van der Waals surface area contributed by atoms with Gasteiger partial charge in [-0.15, -0.1) is 0 Å². The zero-order valence-corrected chi connectivity index (χ0v) is 51.5. The van der Waals surface area contributed by atoms with Crippen LogP contribution in [0.5, 0.6) is 0 Å². The molecule has 0 aromatic heterocycles. The second-order valence-electron chi connectivity index (χ2n) is 19.8. The minimum atomic E-state index is -3.02. The van der Waals surface area contributed by atoms with Gasteiger partial charge in [0.15, 0.2) is 0 Å². The number of nitrogens with one attached hydrogen (secondary N) is 4. The first kappa shape index (κ1) is 66.1. The van der Waals surface area contributed by atoms with E-state index < -0.39 is 55.5 Å². The molecule has 0 saturated heterocycles. The third-order valence-corrected chi connectivity index (χ3v) is 18.2. The van der Waals surface area contributed by atoms with E-state index in [2.05, 4.69) is 21.3 Å². The number of rotatable bonds is 24. The van der Waals surface area contributed by atoms with Gasteiger partial charge in [-0.2, -0.15) is 0 Å². The van der Waals surface area contributed by atoms with Gasteiger partial charge in [0, 0.05) is 52.6 Å². The SMILES string of the molecule is CS(=O)(=O)CCCCC1(C(=S)N[C@@H](Cc2ccc(NC(=O)c3c(Cl)cccc3Cl)cc2)C(=O)O)CCCC1.CS(=O)(=O)CCCCC1(C(=S)N[C@@H](Cc2ccc(NC(=O)c3c(Cl)cccc3Cl)cc2)C(=O)[O-])CCCC1.[Na+]. The third-order valence-electron chi connectivity index (χ3n) is 13.8. The second-order valence-corrected chi connectivity index (χ2v) is 26.7. The van der Waals surface area contributed by atoms with Crippen molar-refractivity contribution in [3.05, 3.63) is 127 Å². The Kier molecular flexibility index (Phi) is 26.1. The van der Waals surface area contributed by atoms with E-state index in [0.29, 0.717) is 40.6 Å². The van der Waals surface area contributed by atoms with Crippen molar-refractivity contribution in [1.82, 2.24) is 10.6 Å². The number of hydrogen-bond acceptors (Lipinski definition) is 11. The Bertz CT molecular complexity index is 2720. The van der Waals surface area contributed by atoms with Gasteiger partial charge in [-0.3, -0.25) is 9.59 Å². The number of anilines is 2. The van der Waals surface area contributed by atoms with E-state index in [-0.39, 0.29) is 96.0 Å². The summed E-state index contributed by atoms with van der Waals surface area (Å²) in [5.41, 5.74) is 2.23. The number of benzene rings is 4. The molecule has 2 aliphatic carbocycles. The Morgan fingerprint density at radius 3 is 1.21 bits per heavy atom. The van der Waals surface area contributed by atoms with Crippen LogP contribution < -0.4 is 55.9 Å². The summed E-state index contributed by atoms with van der Waals surface area (Å²) in [4.78, 5) is 50.3. The van der Waals surface area contributed by atoms with Crippen LogP contribution in [0.2, 0.25) is 20.1 Å². The Morgan fingerprint density at radius 1 is 0.571 bits per heavy atom. The molecule has 0 bridgehead atoms. The number of halogens is 4. The summed E-state index contributed by atoms with van der Waals surface area (Å²) in [5, 5.41) is 34.5. The van der Waals surface area contributed by atoms with Crippen LogP contribution in [-0.2, 0) is 42.1 Å². The fourth-order valence-electron chi connectivity index (χ4n) is 9.69. The average molecular weight is 1220 g/mol. The van der Waals surface area contributed by atoms with Crippen molar-refractivity contribution >= 4 is 136 Å². The summed E-state index contributed by atoms with van der Waals surface area (Å²) >= 11 is 35.9. The number of sulfone groups is 2. The Labute approximate surface area is 505 Å². The van der Waals surface area contributed by atoms with Crippen LogP contribution in [0.4, 0.5) is 11.4 Å². The second kappa shape index (κ2) is 30.4. The molecular weight excluding hydrogens is 1160 g/mol. The maximum absolute atomic E-state index is 12.6. The molecule has 2 fully saturated rings. The largest absolute Gasteiger partial charge is 1.00 e. The molecule has 0 heterocycles. The van der Waals surface area contributed by atoms with Gasteiger partial charge in [0.2, 0.25) is 0 Å². The van der Waals surface area contributed by atoms with Crippen molar-refractivity contribution < 1.29 is 75.8 Å². The van der Waals surface area contributed by atoms with Crippen LogP contribution in [-0.4, -0.2) is 91.8 Å². The van der Waals surface area contributed by atoms with E-state index in [1.807, 2.05) is 0 Å². The topological polar surface area (TPSA) is 228 Å². The van der Waals surface area contributed by atoms with Gasteiger partial charge in [0.1, 0.15) is 25.7 Å². The predicted molar refractivity (Wildman–Crippen MR) is 310 cm³/mol. The number of aliphatic carboxylic acids is 2. The fourth-order valence-corrected chi connectivity index (χ4v) is 13.2. The first-order valence-corrected chi connectivity index (χ1v) is 31.3. The van der Waals surface area contributed by atoms with Crippen LogP contribution in [0.15, 0.2) is 84.9 Å². The summed E-state index contributed by atoms with van der Waals surface area (Å²) in [5.74, 6) is -2.89. The van der Waals surface area contributed by atoms with Crippen LogP contribution >= 0.6 is 70.8 Å². The molecule has 0 spiro atoms. The van der Waals surface area contributed by atoms with Crippen molar-refractivity contribution in [3.63, 3.8) is 0 Å².